The number of aromatic nitrogens is 1. The topological polar surface area (TPSA) is 70.4 Å². The van der Waals surface area contributed by atoms with Gasteiger partial charge in [0.1, 0.15) is 11.3 Å². The largest absolute Gasteiger partial charge is 0.505 e. The van der Waals surface area contributed by atoms with Crippen LogP contribution in [0.4, 0.5) is 0 Å². The van der Waals surface area contributed by atoms with Crippen molar-refractivity contribution in [3.8, 4) is 17.0 Å². The first-order chi connectivity index (χ1) is 9.66. The number of rotatable bonds is 2. The van der Waals surface area contributed by atoms with Crippen molar-refractivity contribution in [2.75, 3.05) is 0 Å². The first-order valence-electron chi connectivity index (χ1n) is 6.07. The molecular weight excluding hydrogens is 254 g/mol. The third-order valence-electron chi connectivity index (χ3n) is 3.18. The van der Waals surface area contributed by atoms with Gasteiger partial charge in [0.25, 0.3) is 0 Å². The predicted octanol–water partition coefficient (Wildman–Crippen LogP) is 3.31. The smallest absolute Gasteiger partial charge is 0.339 e. The summed E-state index contributed by atoms with van der Waals surface area (Å²) >= 11 is 0. The quantitative estimate of drug-likeness (QED) is 0.745. The second-order valence-electron chi connectivity index (χ2n) is 4.42. The van der Waals surface area contributed by atoms with E-state index < -0.39 is 5.97 Å². The number of aromatic hydroxyl groups is 1. The lowest BCUT2D eigenvalue weighted by Crippen LogP contribution is -1.98. The summed E-state index contributed by atoms with van der Waals surface area (Å²) in [7, 11) is 0. The molecule has 0 atom stereocenters. The van der Waals surface area contributed by atoms with Gasteiger partial charge in [-0.2, -0.15) is 0 Å². The van der Waals surface area contributed by atoms with Crippen LogP contribution in [0.2, 0.25) is 0 Å². The Bertz CT molecular complexity index is 806. The van der Waals surface area contributed by atoms with Crippen molar-refractivity contribution in [2.45, 2.75) is 0 Å². The van der Waals surface area contributed by atoms with Gasteiger partial charge in [0.2, 0.25) is 0 Å². The van der Waals surface area contributed by atoms with Crippen LogP contribution >= 0.6 is 0 Å². The molecule has 0 amide bonds. The Morgan fingerprint density at radius 2 is 1.80 bits per heavy atom. The van der Waals surface area contributed by atoms with E-state index in [1.165, 1.54) is 12.3 Å². The summed E-state index contributed by atoms with van der Waals surface area (Å²) in [5.74, 6) is -1.51. The van der Waals surface area contributed by atoms with Crippen LogP contribution in [0, 0.1) is 0 Å². The molecule has 3 aromatic rings. The highest BCUT2D eigenvalue weighted by atomic mass is 16.4. The number of carboxylic acids is 1. The molecule has 98 valence electrons. The lowest BCUT2D eigenvalue weighted by Gasteiger charge is -2.07. The fraction of sp³-hybridized carbons (Fsp3) is 0. The molecule has 0 unspecified atom stereocenters. The van der Waals surface area contributed by atoms with Gasteiger partial charge in [0.15, 0.2) is 0 Å². The fourth-order valence-electron chi connectivity index (χ4n) is 2.22. The Hall–Kier alpha value is -2.88. The van der Waals surface area contributed by atoms with Crippen LogP contribution in [0.15, 0.2) is 54.7 Å². The summed E-state index contributed by atoms with van der Waals surface area (Å²) in [6.45, 7) is 0. The van der Waals surface area contributed by atoms with E-state index >= 15 is 0 Å². The molecule has 0 spiro atoms. The maximum absolute atomic E-state index is 11.1. The van der Waals surface area contributed by atoms with Gasteiger partial charge in [-0.25, -0.2) is 4.79 Å². The third kappa shape index (κ3) is 1.97. The standard InChI is InChI=1S/C16H11NO3/c18-15-9-17-14(8-13(15)16(19)20)12-7-3-5-10-4-1-2-6-11(10)12/h1-9,18H,(H,19,20). The Morgan fingerprint density at radius 1 is 1.05 bits per heavy atom. The number of aromatic carboxylic acids is 1. The van der Waals surface area contributed by atoms with Crippen molar-refractivity contribution in [1.29, 1.82) is 0 Å². The Balaban J connectivity index is 2.26. The van der Waals surface area contributed by atoms with Gasteiger partial charge in [-0.15, -0.1) is 0 Å². The second kappa shape index (κ2) is 4.66. The highest BCUT2D eigenvalue weighted by Gasteiger charge is 2.13. The number of benzene rings is 2. The van der Waals surface area contributed by atoms with Gasteiger partial charge in [0, 0.05) is 5.56 Å². The molecule has 0 radical (unpaired) electrons. The monoisotopic (exact) mass is 265 g/mol. The Kier molecular flexibility index (Phi) is 2.84. The molecule has 0 aliphatic carbocycles. The van der Waals surface area contributed by atoms with Crippen LogP contribution in [0.5, 0.6) is 5.75 Å². The lowest BCUT2D eigenvalue weighted by atomic mass is 10.0. The average Bonchev–Trinajstić information content (AvgIpc) is 2.47. The van der Waals surface area contributed by atoms with Crippen molar-refractivity contribution in [3.63, 3.8) is 0 Å². The maximum atomic E-state index is 11.1. The van der Waals surface area contributed by atoms with Gasteiger partial charge < -0.3 is 10.2 Å². The van der Waals surface area contributed by atoms with Crippen LogP contribution in [0.25, 0.3) is 22.0 Å². The molecule has 20 heavy (non-hydrogen) atoms. The third-order valence-corrected chi connectivity index (χ3v) is 3.18. The number of nitrogens with zero attached hydrogens (tertiary/aromatic N) is 1. The number of carboxylic acid groups (broad SMARTS) is 1. The molecule has 1 aromatic heterocycles. The average molecular weight is 265 g/mol. The predicted molar refractivity (Wildman–Crippen MR) is 75.8 cm³/mol. The number of hydrogen-bond donors (Lipinski definition) is 2. The summed E-state index contributed by atoms with van der Waals surface area (Å²) in [5, 5.41) is 20.6. The molecule has 2 aromatic carbocycles. The van der Waals surface area contributed by atoms with Crippen molar-refractivity contribution in [2.24, 2.45) is 0 Å². The summed E-state index contributed by atoms with van der Waals surface area (Å²) in [5.41, 5.74) is 1.21. The lowest BCUT2D eigenvalue weighted by molar-refractivity contribution is 0.0693. The summed E-state index contributed by atoms with van der Waals surface area (Å²) in [6, 6.07) is 15.0. The van der Waals surface area contributed by atoms with E-state index in [0.29, 0.717) is 5.69 Å². The van der Waals surface area contributed by atoms with E-state index in [0.717, 1.165) is 16.3 Å². The molecule has 2 N–H and O–H groups in total. The molecular formula is C16H11NO3. The molecule has 0 aliphatic rings. The minimum atomic E-state index is -1.17. The minimum absolute atomic E-state index is 0.150. The molecule has 1 heterocycles. The van der Waals surface area contributed by atoms with E-state index in [1.807, 2.05) is 42.5 Å². The highest BCUT2D eigenvalue weighted by Crippen LogP contribution is 2.29. The molecule has 0 bridgehead atoms. The summed E-state index contributed by atoms with van der Waals surface area (Å²) < 4.78 is 0. The van der Waals surface area contributed by atoms with E-state index in [1.54, 1.807) is 0 Å². The summed E-state index contributed by atoms with van der Waals surface area (Å²) in [6.07, 6.45) is 1.17. The molecule has 4 nitrogen and oxygen atoms in total. The molecule has 0 fully saturated rings. The van der Waals surface area contributed by atoms with Crippen molar-refractivity contribution in [1.82, 2.24) is 4.98 Å². The summed E-state index contributed by atoms with van der Waals surface area (Å²) in [4.78, 5) is 15.2. The maximum Gasteiger partial charge on any atom is 0.339 e. The van der Waals surface area contributed by atoms with Crippen LogP contribution in [0.1, 0.15) is 10.4 Å². The Labute approximate surface area is 115 Å². The van der Waals surface area contributed by atoms with Crippen LogP contribution in [-0.2, 0) is 0 Å². The van der Waals surface area contributed by atoms with E-state index in [4.69, 9.17) is 5.11 Å². The zero-order valence-corrected chi connectivity index (χ0v) is 10.4. The highest BCUT2D eigenvalue weighted by molar-refractivity contribution is 5.98. The molecule has 0 saturated carbocycles. The van der Waals surface area contributed by atoms with Gasteiger partial charge in [0.05, 0.1) is 11.9 Å². The number of pyridine rings is 1. The molecule has 4 heteroatoms. The number of carbonyl (C=O) groups is 1. The first-order valence-corrected chi connectivity index (χ1v) is 6.07. The van der Waals surface area contributed by atoms with Gasteiger partial charge >= 0.3 is 5.97 Å². The van der Waals surface area contributed by atoms with Gasteiger partial charge in [-0.1, -0.05) is 42.5 Å². The van der Waals surface area contributed by atoms with Crippen LogP contribution < -0.4 is 0 Å². The molecule has 0 aliphatic heterocycles. The molecule has 0 saturated heterocycles. The van der Waals surface area contributed by atoms with Crippen LogP contribution in [0.3, 0.4) is 0 Å². The normalized spacial score (nSPS) is 10.6. The van der Waals surface area contributed by atoms with Crippen molar-refractivity contribution in [3.05, 3.63) is 60.3 Å². The molecule has 3 rings (SSSR count). The minimum Gasteiger partial charge on any atom is -0.505 e. The van der Waals surface area contributed by atoms with E-state index in [2.05, 4.69) is 4.98 Å². The zero-order valence-electron chi connectivity index (χ0n) is 10.4. The van der Waals surface area contributed by atoms with E-state index in [-0.39, 0.29) is 11.3 Å². The number of fused-ring (bicyclic) bond motifs is 1. The van der Waals surface area contributed by atoms with Crippen molar-refractivity contribution >= 4 is 16.7 Å². The van der Waals surface area contributed by atoms with Crippen molar-refractivity contribution < 1.29 is 15.0 Å². The Morgan fingerprint density at radius 3 is 2.60 bits per heavy atom. The zero-order chi connectivity index (χ0) is 14.1. The van der Waals surface area contributed by atoms with E-state index in [9.17, 15) is 9.90 Å². The fourth-order valence-corrected chi connectivity index (χ4v) is 2.22. The van der Waals surface area contributed by atoms with Crippen LogP contribution in [-0.4, -0.2) is 21.2 Å². The van der Waals surface area contributed by atoms with Gasteiger partial charge in [-0.3, -0.25) is 4.98 Å². The van der Waals surface area contributed by atoms with Gasteiger partial charge in [-0.05, 0) is 16.8 Å². The number of hydrogen-bond acceptors (Lipinski definition) is 3. The second-order valence-corrected chi connectivity index (χ2v) is 4.42. The SMILES string of the molecule is O=C(O)c1cc(-c2cccc3ccccc23)ncc1O. The first kappa shape index (κ1) is 12.2.